The van der Waals surface area contributed by atoms with Crippen molar-refractivity contribution in [1.82, 2.24) is 4.90 Å². The summed E-state index contributed by atoms with van der Waals surface area (Å²) in [5.74, 6) is 1.10. The third kappa shape index (κ3) is 2.01. The summed E-state index contributed by atoms with van der Waals surface area (Å²) in [4.78, 5) is 2.49. The van der Waals surface area contributed by atoms with Crippen molar-refractivity contribution in [2.45, 2.75) is 31.8 Å². The molecule has 3 rings (SSSR count). The van der Waals surface area contributed by atoms with Crippen molar-refractivity contribution < 1.29 is 9.15 Å². The summed E-state index contributed by atoms with van der Waals surface area (Å²) < 4.78 is 11.1. The van der Waals surface area contributed by atoms with Crippen molar-refractivity contribution in [3.8, 4) is 0 Å². The van der Waals surface area contributed by atoms with Gasteiger partial charge in [0.1, 0.15) is 5.76 Å². The Morgan fingerprint density at radius 1 is 1.35 bits per heavy atom. The van der Waals surface area contributed by atoms with Gasteiger partial charge in [0.05, 0.1) is 19.5 Å². The lowest BCUT2D eigenvalue weighted by atomic mass is 9.87. The van der Waals surface area contributed by atoms with Crippen LogP contribution in [0.15, 0.2) is 10.7 Å². The minimum Gasteiger partial charge on any atom is -0.469 e. The zero-order valence-corrected chi connectivity index (χ0v) is 10.3. The van der Waals surface area contributed by atoms with Gasteiger partial charge in [-0.05, 0) is 18.9 Å². The van der Waals surface area contributed by atoms with E-state index in [9.17, 15) is 0 Å². The van der Waals surface area contributed by atoms with Crippen LogP contribution >= 0.6 is 0 Å². The van der Waals surface area contributed by atoms with Crippen LogP contribution in [0.2, 0.25) is 0 Å². The summed E-state index contributed by atoms with van der Waals surface area (Å²) in [7, 11) is 0. The number of nitrogens with two attached hydrogens (primary N) is 1. The molecule has 0 saturated carbocycles. The van der Waals surface area contributed by atoms with Crippen LogP contribution in [-0.2, 0) is 11.2 Å². The summed E-state index contributed by atoms with van der Waals surface area (Å²) >= 11 is 0. The summed E-state index contributed by atoms with van der Waals surface area (Å²) in [6.45, 7) is 5.80. The fraction of sp³-hybridized carbons (Fsp3) is 0.692. The first-order valence-corrected chi connectivity index (χ1v) is 6.40. The molecular weight excluding hydrogens is 216 g/mol. The number of nitrogens with zero attached hydrogens (tertiary/aromatic N) is 1. The molecule has 0 bridgehead atoms. The molecule has 0 amide bonds. The van der Waals surface area contributed by atoms with Crippen molar-refractivity contribution in [3.05, 3.63) is 23.2 Å². The van der Waals surface area contributed by atoms with E-state index in [4.69, 9.17) is 14.9 Å². The smallest absolute Gasteiger partial charge is 0.110 e. The fourth-order valence-electron chi connectivity index (χ4n) is 3.06. The maximum atomic E-state index is 6.14. The van der Waals surface area contributed by atoms with Gasteiger partial charge in [-0.1, -0.05) is 0 Å². The second-order valence-electron chi connectivity index (χ2n) is 5.12. The molecule has 4 heteroatoms. The molecule has 0 spiro atoms. The van der Waals surface area contributed by atoms with Crippen LogP contribution in [-0.4, -0.2) is 37.2 Å². The zero-order valence-electron chi connectivity index (χ0n) is 10.3. The highest BCUT2D eigenvalue weighted by Gasteiger charge is 2.33. The molecule has 1 aromatic heterocycles. The van der Waals surface area contributed by atoms with Crippen LogP contribution in [0.1, 0.15) is 29.3 Å². The molecule has 1 aliphatic heterocycles. The number of hydrogen-bond donors (Lipinski definition) is 1. The van der Waals surface area contributed by atoms with E-state index in [1.165, 1.54) is 11.1 Å². The molecule has 1 aromatic rings. The Bertz CT molecular complexity index is 396. The van der Waals surface area contributed by atoms with Gasteiger partial charge in [-0.15, -0.1) is 0 Å². The predicted molar refractivity (Wildman–Crippen MR) is 64.9 cm³/mol. The van der Waals surface area contributed by atoms with Crippen LogP contribution < -0.4 is 5.73 Å². The van der Waals surface area contributed by atoms with Gasteiger partial charge in [-0.2, -0.15) is 0 Å². The second-order valence-corrected chi connectivity index (χ2v) is 5.12. The van der Waals surface area contributed by atoms with Gasteiger partial charge in [0.25, 0.3) is 0 Å². The average Bonchev–Trinajstić information content (AvgIpc) is 2.71. The van der Waals surface area contributed by atoms with Gasteiger partial charge in [0.2, 0.25) is 0 Å². The number of furan rings is 1. The van der Waals surface area contributed by atoms with Crippen LogP contribution in [0.5, 0.6) is 0 Å². The predicted octanol–water partition coefficient (Wildman–Crippen LogP) is 1.23. The number of fused-ring (bicyclic) bond motifs is 1. The van der Waals surface area contributed by atoms with Gasteiger partial charge in [0.15, 0.2) is 0 Å². The third-order valence-electron chi connectivity index (χ3n) is 3.90. The van der Waals surface area contributed by atoms with Crippen molar-refractivity contribution in [2.24, 2.45) is 5.73 Å². The van der Waals surface area contributed by atoms with Gasteiger partial charge >= 0.3 is 0 Å². The molecule has 94 valence electrons. The number of rotatable bonds is 1. The lowest BCUT2D eigenvalue weighted by Gasteiger charge is -2.38. The Balaban J connectivity index is 1.90. The molecule has 2 atom stereocenters. The average molecular weight is 236 g/mol. The third-order valence-corrected chi connectivity index (χ3v) is 3.90. The Kier molecular flexibility index (Phi) is 2.94. The molecule has 2 heterocycles. The van der Waals surface area contributed by atoms with Crippen LogP contribution in [0.25, 0.3) is 0 Å². The summed E-state index contributed by atoms with van der Waals surface area (Å²) in [5, 5.41) is 0. The van der Waals surface area contributed by atoms with Crippen molar-refractivity contribution >= 4 is 0 Å². The Morgan fingerprint density at radius 3 is 2.88 bits per heavy atom. The Hall–Kier alpha value is -0.840. The molecule has 0 radical (unpaired) electrons. The molecular formula is C13H20N2O2. The first-order valence-electron chi connectivity index (χ1n) is 6.40. The normalized spacial score (nSPS) is 30.2. The SMILES string of the molecule is Cc1coc2c1C(N1CCOCC1)CC(N)C2. The highest BCUT2D eigenvalue weighted by Crippen LogP contribution is 2.37. The second kappa shape index (κ2) is 4.44. The lowest BCUT2D eigenvalue weighted by Crippen LogP contribution is -2.43. The molecule has 17 heavy (non-hydrogen) atoms. The van der Waals surface area contributed by atoms with Gasteiger partial charge in [-0.25, -0.2) is 0 Å². The highest BCUT2D eigenvalue weighted by atomic mass is 16.5. The molecule has 1 aliphatic carbocycles. The number of aryl methyl sites for hydroxylation is 1. The molecule has 1 saturated heterocycles. The van der Waals surface area contributed by atoms with E-state index in [0.29, 0.717) is 6.04 Å². The number of ether oxygens (including phenoxy) is 1. The maximum Gasteiger partial charge on any atom is 0.110 e. The van der Waals surface area contributed by atoms with Gasteiger partial charge in [-0.3, -0.25) is 4.90 Å². The maximum absolute atomic E-state index is 6.14. The van der Waals surface area contributed by atoms with E-state index in [2.05, 4.69) is 11.8 Å². The summed E-state index contributed by atoms with van der Waals surface area (Å²) in [6, 6.07) is 0.650. The standard InChI is InChI=1S/C13H20N2O2/c1-9-8-17-12-7-10(14)6-11(13(9)12)15-2-4-16-5-3-15/h8,10-11H,2-7,14H2,1H3. The fourth-order valence-corrected chi connectivity index (χ4v) is 3.06. The molecule has 2 unspecified atom stereocenters. The van der Waals surface area contributed by atoms with Crippen LogP contribution in [0, 0.1) is 6.92 Å². The minimum absolute atomic E-state index is 0.223. The zero-order chi connectivity index (χ0) is 11.8. The van der Waals surface area contributed by atoms with E-state index >= 15 is 0 Å². The van der Waals surface area contributed by atoms with Crippen molar-refractivity contribution in [1.29, 1.82) is 0 Å². The van der Waals surface area contributed by atoms with E-state index in [1.54, 1.807) is 0 Å². The van der Waals surface area contributed by atoms with Crippen LogP contribution in [0.3, 0.4) is 0 Å². The topological polar surface area (TPSA) is 51.6 Å². The summed E-state index contributed by atoms with van der Waals surface area (Å²) in [5.41, 5.74) is 8.79. The highest BCUT2D eigenvalue weighted by molar-refractivity contribution is 5.33. The first kappa shape index (κ1) is 11.3. The van der Waals surface area contributed by atoms with Crippen molar-refractivity contribution in [3.63, 3.8) is 0 Å². The van der Waals surface area contributed by atoms with Crippen LogP contribution in [0.4, 0.5) is 0 Å². The summed E-state index contributed by atoms with van der Waals surface area (Å²) in [6.07, 6.45) is 3.79. The quantitative estimate of drug-likeness (QED) is 0.797. The molecule has 2 aliphatic rings. The monoisotopic (exact) mass is 236 g/mol. The number of hydrogen-bond acceptors (Lipinski definition) is 4. The first-order chi connectivity index (χ1) is 8.25. The Labute approximate surface area is 102 Å². The molecule has 2 N–H and O–H groups in total. The molecule has 0 aromatic carbocycles. The van der Waals surface area contributed by atoms with Crippen molar-refractivity contribution in [2.75, 3.05) is 26.3 Å². The van der Waals surface area contributed by atoms with E-state index in [-0.39, 0.29) is 6.04 Å². The Morgan fingerprint density at radius 2 is 2.12 bits per heavy atom. The lowest BCUT2D eigenvalue weighted by molar-refractivity contribution is 0.0105. The minimum atomic E-state index is 0.223. The van der Waals surface area contributed by atoms with E-state index in [1.807, 2.05) is 6.26 Å². The van der Waals surface area contributed by atoms with Gasteiger partial charge < -0.3 is 14.9 Å². The van der Waals surface area contributed by atoms with E-state index in [0.717, 1.165) is 44.9 Å². The molecule has 1 fully saturated rings. The molecule has 4 nitrogen and oxygen atoms in total. The van der Waals surface area contributed by atoms with E-state index < -0.39 is 0 Å². The largest absolute Gasteiger partial charge is 0.469 e. The number of morpholine rings is 1. The van der Waals surface area contributed by atoms with Gasteiger partial charge in [0, 0.05) is 37.2 Å².